The first-order valence-electron chi connectivity index (χ1n) is 7.08. The second kappa shape index (κ2) is 7.90. The maximum Gasteiger partial charge on any atom is 0.223 e. The van der Waals surface area contributed by atoms with E-state index in [0.29, 0.717) is 13.0 Å². The molecule has 0 spiro atoms. The summed E-state index contributed by atoms with van der Waals surface area (Å²) in [5, 5.41) is 11.8. The molecular formula is C16H25NO3. The van der Waals surface area contributed by atoms with Gasteiger partial charge >= 0.3 is 0 Å². The third kappa shape index (κ3) is 4.85. The number of hydrogen-bond acceptors (Lipinski definition) is 3. The Morgan fingerprint density at radius 2 is 2.05 bits per heavy atom. The lowest BCUT2D eigenvalue weighted by molar-refractivity contribution is -0.122. The van der Waals surface area contributed by atoms with E-state index < -0.39 is 0 Å². The molecule has 0 saturated carbocycles. The van der Waals surface area contributed by atoms with Crippen LogP contribution in [0.4, 0.5) is 0 Å². The van der Waals surface area contributed by atoms with Crippen LogP contribution in [0.3, 0.4) is 0 Å². The van der Waals surface area contributed by atoms with Crippen LogP contribution in [0.2, 0.25) is 0 Å². The molecule has 20 heavy (non-hydrogen) atoms. The summed E-state index contributed by atoms with van der Waals surface area (Å²) in [4.78, 5) is 11.7. The summed E-state index contributed by atoms with van der Waals surface area (Å²) >= 11 is 0. The molecule has 1 aromatic rings. The Balaban J connectivity index is 2.47. The number of nitrogens with one attached hydrogen (secondary N) is 1. The average molecular weight is 279 g/mol. The molecule has 1 amide bonds. The number of hydrogen-bond donors (Lipinski definition) is 2. The lowest BCUT2D eigenvalue weighted by Crippen LogP contribution is -2.37. The molecule has 0 aliphatic rings. The predicted molar refractivity (Wildman–Crippen MR) is 80.1 cm³/mol. The van der Waals surface area contributed by atoms with Gasteiger partial charge in [-0.2, -0.15) is 0 Å². The largest absolute Gasteiger partial charge is 0.493 e. The van der Waals surface area contributed by atoms with Crippen molar-refractivity contribution in [1.29, 1.82) is 0 Å². The summed E-state index contributed by atoms with van der Waals surface area (Å²) in [7, 11) is 0. The van der Waals surface area contributed by atoms with E-state index in [1.54, 1.807) is 0 Å². The summed E-state index contributed by atoms with van der Waals surface area (Å²) < 4.78 is 5.69. The molecule has 0 heterocycles. The molecule has 1 rings (SSSR count). The second-order valence-electron chi connectivity index (χ2n) is 5.16. The third-order valence-corrected chi connectivity index (χ3v) is 3.43. The van der Waals surface area contributed by atoms with Gasteiger partial charge in [-0.15, -0.1) is 0 Å². The number of benzene rings is 1. The minimum Gasteiger partial charge on any atom is -0.493 e. The van der Waals surface area contributed by atoms with Crippen molar-refractivity contribution in [1.82, 2.24) is 5.32 Å². The highest BCUT2D eigenvalue weighted by Gasteiger charge is 2.10. The topological polar surface area (TPSA) is 58.6 Å². The first-order chi connectivity index (χ1) is 9.47. The number of amides is 1. The predicted octanol–water partition coefficient (Wildman–Crippen LogP) is 2.27. The lowest BCUT2D eigenvalue weighted by atomic mass is 10.1. The van der Waals surface area contributed by atoms with Gasteiger partial charge in [0, 0.05) is 0 Å². The van der Waals surface area contributed by atoms with E-state index in [0.717, 1.165) is 23.3 Å². The number of aryl methyl sites for hydroxylation is 2. The molecule has 0 aliphatic heterocycles. The van der Waals surface area contributed by atoms with Gasteiger partial charge in [0.1, 0.15) is 5.75 Å². The molecular weight excluding hydrogens is 254 g/mol. The number of aliphatic hydroxyl groups excluding tert-OH is 1. The molecule has 1 aromatic carbocycles. The molecule has 0 bridgehead atoms. The van der Waals surface area contributed by atoms with Crippen molar-refractivity contribution >= 4 is 5.91 Å². The average Bonchev–Trinajstić information content (AvgIpc) is 2.41. The van der Waals surface area contributed by atoms with Crippen LogP contribution in [0, 0.1) is 20.8 Å². The highest BCUT2D eigenvalue weighted by molar-refractivity contribution is 5.76. The Kier molecular flexibility index (Phi) is 6.52. The SMILES string of the molecule is CCC(CO)NC(=O)CCOc1cc(C)cc(C)c1C. The second-order valence-corrected chi connectivity index (χ2v) is 5.16. The fraction of sp³-hybridized carbons (Fsp3) is 0.562. The standard InChI is InChI=1S/C16H25NO3/c1-5-14(10-18)17-16(19)6-7-20-15-9-11(2)8-12(3)13(15)4/h8-9,14,18H,5-7,10H2,1-4H3,(H,17,19). The van der Waals surface area contributed by atoms with Crippen LogP contribution in [0.1, 0.15) is 36.5 Å². The smallest absolute Gasteiger partial charge is 0.223 e. The Morgan fingerprint density at radius 1 is 1.35 bits per heavy atom. The van der Waals surface area contributed by atoms with Gasteiger partial charge in [0.15, 0.2) is 0 Å². The van der Waals surface area contributed by atoms with Crippen LogP contribution in [0.5, 0.6) is 5.75 Å². The van der Waals surface area contributed by atoms with Crippen molar-refractivity contribution in [2.75, 3.05) is 13.2 Å². The molecule has 0 saturated heterocycles. The van der Waals surface area contributed by atoms with Crippen LogP contribution in [0.15, 0.2) is 12.1 Å². The Bertz CT molecular complexity index is 453. The highest BCUT2D eigenvalue weighted by Crippen LogP contribution is 2.23. The molecule has 0 aromatic heterocycles. The van der Waals surface area contributed by atoms with E-state index in [9.17, 15) is 4.79 Å². The van der Waals surface area contributed by atoms with E-state index >= 15 is 0 Å². The van der Waals surface area contributed by atoms with Crippen molar-refractivity contribution in [2.45, 2.75) is 46.6 Å². The van der Waals surface area contributed by atoms with Gasteiger partial charge in [0.2, 0.25) is 5.91 Å². The fourth-order valence-electron chi connectivity index (χ4n) is 1.98. The van der Waals surface area contributed by atoms with Gasteiger partial charge in [0.05, 0.1) is 25.7 Å². The maximum absolute atomic E-state index is 11.7. The maximum atomic E-state index is 11.7. The summed E-state index contributed by atoms with van der Waals surface area (Å²) in [5.41, 5.74) is 3.45. The van der Waals surface area contributed by atoms with Gasteiger partial charge in [-0.05, 0) is 49.9 Å². The van der Waals surface area contributed by atoms with Gasteiger partial charge in [-0.25, -0.2) is 0 Å². The summed E-state index contributed by atoms with van der Waals surface area (Å²) in [6.45, 7) is 8.34. The zero-order valence-electron chi connectivity index (χ0n) is 12.8. The van der Waals surface area contributed by atoms with Crippen molar-refractivity contribution in [3.63, 3.8) is 0 Å². The summed E-state index contributed by atoms with van der Waals surface area (Å²) in [6, 6.07) is 3.94. The first-order valence-corrected chi connectivity index (χ1v) is 7.08. The highest BCUT2D eigenvalue weighted by atomic mass is 16.5. The van der Waals surface area contributed by atoms with Gasteiger partial charge in [0.25, 0.3) is 0 Å². The van der Waals surface area contributed by atoms with E-state index in [1.807, 2.05) is 26.8 Å². The van der Waals surface area contributed by atoms with E-state index in [4.69, 9.17) is 9.84 Å². The van der Waals surface area contributed by atoms with Gasteiger partial charge < -0.3 is 15.2 Å². The Labute approximate surface area is 121 Å². The number of aliphatic hydroxyl groups is 1. The van der Waals surface area contributed by atoms with Crippen molar-refractivity contribution in [2.24, 2.45) is 0 Å². The molecule has 112 valence electrons. The van der Waals surface area contributed by atoms with Gasteiger partial charge in [-0.3, -0.25) is 4.79 Å². The monoisotopic (exact) mass is 279 g/mol. The van der Waals surface area contributed by atoms with Crippen molar-refractivity contribution < 1.29 is 14.6 Å². The number of carbonyl (C=O) groups is 1. The molecule has 2 N–H and O–H groups in total. The molecule has 0 fully saturated rings. The van der Waals surface area contributed by atoms with Crippen LogP contribution in [-0.2, 0) is 4.79 Å². The quantitative estimate of drug-likeness (QED) is 0.805. The molecule has 4 nitrogen and oxygen atoms in total. The van der Waals surface area contributed by atoms with Crippen molar-refractivity contribution in [3.8, 4) is 5.75 Å². The van der Waals surface area contributed by atoms with Gasteiger partial charge in [-0.1, -0.05) is 13.0 Å². The Hall–Kier alpha value is -1.55. The molecule has 4 heteroatoms. The third-order valence-electron chi connectivity index (χ3n) is 3.43. The van der Waals surface area contributed by atoms with E-state index in [-0.39, 0.29) is 18.6 Å². The first kappa shape index (κ1) is 16.5. The minimum absolute atomic E-state index is 0.0285. The molecule has 1 unspecified atom stereocenters. The lowest BCUT2D eigenvalue weighted by Gasteiger charge is -2.15. The van der Waals surface area contributed by atoms with Crippen LogP contribution in [-0.4, -0.2) is 30.3 Å². The van der Waals surface area contributed by atoms with Crippen molar-refractivity contribution in [3.05, 3.63) is 28.8 Å². The molecule has 0 aliphatic carbocycles. The summed E-state index contributed by atoms with van der Waals surface area (Å²) in [6.07, 6.45) is 1.02. The normalized spacial score (nSPS) is 12.1. The zero-order chi connectivity index (χ0) is 15.1. The van der Waals surface area contributed by atoms with Crippen LogP contribution in [0.25, 0.3) is 0 Å². The zero-order valence-corrected chi connectivity index (χ0v) is 12.8. The Morgan fingerprint density at radius 3 is 2.65 bits per heavy atom. The minimum atomic E-state index is -0.162. The van der Waals surface area contributed by atoms with Crippen LogP contribution < -0.4 is 10.1 Å². The van der Waals surface area contributed by atoms with Crippen LogP contribution >= 0.6 is 0 Å². The number of carbonyl (C=O) groups excluding carboxylic acids is 1. The number of ether oxygens (including phenoxy) is 1. The number of rotatable bonds is 7. The van der Waals surface area contributed by atoms with E-state index in [2.05, 4.69) is 18.3 Å². The molecule has 1 atom stereocenters. The summed E-state index contributed by atoms with van der Waals surface area (Å²) in [5.74, 6) is 0.748. The fourth-order valence-corrected chi connectivity index (χ4v) is 1.98. The van der Waals surface area contributed by atoms with E-state index in [1.165, 1.54) is 5.56 Å². The molecule has 0 radical (unpaired) electrons.